The average molecular weight is 328 g/mol. The average Bonchev–Trinajstić information content (AvgIpc) is 2.98. The maximum Gasteiger partial charge on any atom is 0.357 e. The van der Waals surface area contributed by atoms with Crippen LogP contribution in [-0.4, -0.2) is 62.7 Å². The van der Waals surface area contributed by atoms with Gasteiger partial charge in [-0.3, -0.25) is 14.4 Å². The van der Waals surface area contributed by atoms with Gasteiger partial charge in [0.15, 0.2) is 5.69 Å². The summed E-state index contributed by atoms with van der Waals surface area (Å²) < 4.78 is 1.36. The fourth-order valence-corrected chi connectivity index (χ4v) is 2.92. The molecule has 0 saturated carbocycles. The molecule has 24 heavy (non-hydrogen) atoms. The van der Waals surface area contributed by atoms with Gasteiger partial charge in [-0.25, -0.2) is 4.79 Å². The van der Waals surface area contributed by atoms with Gasteiger partial charge in [0.05, 0.1) is 5.56 Å². The van der Waals surface area contributed by atoms with Crippen LogP contribution in [0.2, 0.25) is 0 Å². The second kappa shape index (κ2) is 6.84. The van der Waals surface area contributed by atoms with Crippen LogP contribution in [0.25, 0.3) is 0 Å². The largest absolute Gasteiger partial charge is 0.476 e. The normalized spacial score (nSPS) is 15.5. The Balaban J connectivity index is 1.62. The Bertz CT molecular complexity index is 734. The van der Waals surface area contributed by atoms with Crippen LogP contribution < -0.4 is 0 Å². The second-order valence-corrected chi connectivity index (χ2v) is 5.92. The van der Waals surface area contributed by atoms with Crippen molar-refractivity contribution in [3.05, 3.63) is 53.3 Å². The lowest BCUT2D eigenvalue weighted by Crippen LogP contribution is -2.48. The maximum absolute atomic E-state index is 12.6. The van der Waals surface area contributed by atoms with Gasteiger partial charge in [0.1, 0.15) is 0 Å². The van der Waals surface area contributed by atoms with E-state index in [9.17, 15) is 14.7 Å². The maximum atomic E-state index is 12.6. The number of piperazine rings is 1. The number of carboxylic acid groups (broad SMARTS) is 1. The standard InChI is InChI=1S/C17H20N4O3/c1-19-12-14(15(18-19)17(23)24)16(22)21-9-7-20(8-10-21)11-13-5-3-2-4-6-13/h2-6,12H,7-11H2,1H3,(H,23,24). The Morgan fingerprint density at radius 2 is 1.79 bits per heavy atom. The molecule has 0 aliphatic carbocycles. The molecule has 0 atom stereocenters. The molecule has 126 valence electrons. The van der Waals surface area contributed by atoms with Crippen molar-refractivity contribution < 1.29 is 14.7 Å². The third kappa shape index (κ3) is 3.46. The predicted octanol–water partition coefficient (Wildman–Crippen LogP) is 1.08. The zero-order chi connectivity index (χ0) is 17.1. The van der Waals surface area contributed by atoms with Gasteiger partial charge < -0.3 is 10.0 Å². The lowest BCUT2D eigenvalue weighted by molar-refractivity contribution is 0.0608. The van der Waals surface area contributed by atoms with E-state index in [0.717, 1.165) is 19.6 Å². The van der Waals surface area contributed by atoms with E-state index in [0.29, 0.717) is 13.1 Å². The molecule has 0 radical (unpaired) electrons. The highest BCUT2D eigenvalue weighted by Crippen LogP contribution is 2.14. The number of benzene rings is 1. The van der Waals surface area contributed by atoms with Crippen molar-refractivity contribution in [1.82, 2.24) is 19.6 Å². The van der Waals surface area contributed by atoms with Gasteiger partial charge in [0, 0.05) is 46.0 Å². The number of nitrogens with zero attached hydrogens (tertiary/aromatic N) is 4. The van der Waals surface area contributed by atoms with Crippen molar-refractivity contribution in [1.29, 1.82) is 0 Å². The van der Waals surface area contributed by atoms with Crippen LogP contribution in [0.5, 0.6) is 0 Å². The molecule has 2 aromatic rings. The van der Waals surface area contributed by atoms with Gasteiger partial charge in [-0.05, 0) is 5.56 Å². The Morgan fingerprint density at radius 1 is 1.12 bits per heavy atom. The lowest BCUT2D eigenvalue weighted by atomic mass is 10.1. The van der Waals surface area contributed by atoms with E-state index in [1.54, 1.807) is 11.9 Å². The van der Waals surface area contributed by atoms with E-state index in [1.165, 1.54) is 16.4 Å². The molecular formula is C17H20N4O3. The number of amides is 1. The summed E-state index contributed by atoms with van der Waals surface area (Å²) in [7, 11) is 1.61. The summed E-state index contributed by atoms with van der Waals surface area (Å²) >= 11 is 0. The van der Waals surface area contributed by atoms with E-state index < -0.39 is 5.97 Å². The molecule has 1 N–H and O–H groups in total. The second-order valence-electron chi connectivity index (χ2n) is 5.92. The molecule has 2 heterocycles. The SMILES string of the molecule is Cn1cc(C(=O)N2CCN(Cc3ccccc3)CC2)c(C(=O)O)n1. The molecule has 0 spiro atoms. The number of aromatic carboxylic acids is 1. The van der Waals surface area contributed by atoms with Crippen molar-refractivity contribution in [2.45, 2.75) is 6.54 Å². The first-order chi connectivity index (χ1) is 11.5. The quantitative estimate of drug-likeness (QED) is 0.908. The highest BCUT2D eigenvalue weighted by Gasteiger charge is 2.27. The number of hydrogen-bond donors (Lipinski definition) is 1. The van der Waals surface area contributed by atoms with Crippen LogP contribution in [0.4, 0.5) is 0 Å². The molecular weight excluding hydrogens is 308 g/mol. The number of carbonyl (C=O) groups is 2. The Morgan fingerprint density at radius 3 is 2.42 bits per heavy atom. The van der Waals surface area contributed by atoms with Gasteiger partial charge in [-0.1, -0.05) is 30.3 Å². The summed E-state index contributed by atoms with van der Waals surface area (Å²) in [5.74, 6) is -1.44. The fourth-order valence-electron chi connectivity index (χ4n) is 2.92. The highest BCUT2D eigenvalue weighted by atomic mass is 16.4. The first kappa shape index (κ1) is 16.2. The van der Waals surface area contributed by atoms with Gasteiger partial charge in [-0.2, -0.15) is 5.10 Å². The lowest BCUT2D eigenvalue weighted by Gasteiger charge is -2.34. The molecule has 1 aliphatic rings. The highest BCUT2D eigenvalue weighted by molar-refractivity contribution is 6.03. The number of carbonyl (C=O) groups excluding carboxylic acids is 1. The molecule has 0 unspecified atom stereocenters. The van der Waals surface area contributed by atoms with Gasteiger partial charge in [0.25, 0.3) is 5.91 Å². The number of aryl methyl sites for hydroxylation is 1. The smallest absolute Gasteiger partial charge is 0.357 e. The topological polar surface area (TPSA) is 78.7 Å². The zero-order valence-corrected chi connectivity index (χ0v) is 13.6. The van der Waals surface area contributed by atoms with Gasteiger partial charge in [-0.15, -0.1) is 0 Å². The molecule has 1 aromatic heterocycles. The molecule has 7 nitrogen and oxygen atoms in total. The van der Waals surface area contributed by atoms with E-state index in [4.69, 9.17) is 0 Å². The molecule has 1 saturated heterocycles. The first-order valence-corrected chi connectivity index (χ1v) is 7.87. The van der Waals surface area contributed by atoms with Gasteiger partial charge >= 0.3 is 5.97 Å². The van der Waals surface area contributed by atoms with Crippen LogP contribution in [-0.2, 0) is 13.6 Å². The van der Waals surface area contributed by atoms with Crippen LogP contribution in [0, 0.1) is 0 Å². The third-order valence-corrected chi connectivity index (χ3v) is 4.17. The van der Waals surface area contributed by atoms with Crippen LogP contribution in [0.15, 0.2) is 36.5 Å². The first-order valence-electron chi connectivity index (χ1n) is 7.87. The summed E-state index contributed by atoms with van der Waals surface area (Å²) in [6, 6.07) is 10.2. The van der Waals surface area contributed by atoms with E-state index in [1.807, 2.05) is 18.2 Å². The van der Waals surface area contributed by atoms with Gasteiger partial charge in [0.2, 0.25) is 0 Å². The van der Waals surface area contributed by atoms with Crippen LogP contribution in [0.3, 0.4) is 0 Å². The minimum atomic E-state index is -1.18. The molecule has 1 amide bonds. The van der Waals surface area contributed by atoms with E-state index >= 15 is 0 Å². The van der Waals surface area contributed by atoms with E-state index in [2.05, 4.69) is 22.1 Å². The molecule has 1 aromatic carbocycles. The zero-order valence-electron chi connectivity index (χ0n) is 13.6. The number of hydrogen-bond acceptors (Lipinski definition) is 4. The summed E-state index contributed by atoms with van der Waals surface area (Å²) in [6.45, 7) is 3.56. The summed E-state index contributed by atoms with van der Waals surface area (Å²) in [4.78, 5) is 27.8. The number of rotatable bonds is 4. The van der Waals surface area contributed by atoms with Crippen molar-refractivity contribution in [2.75, 3.05) is 26.2 Å². The van der Waals surface area contributed by atoms with Crippen molar-refractivity contribution in [2.24, 2.45) is 7.05 Å². The monoisotopic (exact) mass is 328 g/mol. The van der Waals surface area contributed by atoms with Crippen LogP contribution in [0.1, 0.15) is 26.4 Å². The number of aromatic nitrogens is 2. The van der Waals surface area contributed by atoms with Crippen molar-refractivity contribution >= 4 is 11.9 Å². The third-order valence-electron chi connectivity index (χ3n) is 4.17. The summed E-state index contributed by atoms with van der Waals surface area (Å²) in [6.07, 6.45) is 1.47. The summed E-state index contributed by atoms with van der Waals surface area (Å²) in [5, 5.41) is 13.0. The molecule has 7 heteroatoms. The van der Waals surface area contributed by atoms with Crippen molar-refractivity contribution in [3.8, 4) is 0 Å². The Hall–Kier alpha value is -2.67. The Labute approximate surface area is 140 Å². The number of carboxylic acids is 1. The fraction of sp³-hybridized carbons (Fsp3) is 0.353. The minimum Gasteiger partial charge on any atom is -0.476 e. The predicted molar refractivity (Wildman–Crippen MR) is 87.8 cm³/mol. The van der Waals surface area contributed by atoms with Crippen LogP contribution >= 0.6 is 0 Å². The summed E-state index contributed by atoms with van der Waals surface area (Å²) in [5.41, 5.74) is 1.22. The molecule has 3 rings (SSSR count). The van der Waals surface area contributed by atoms with E-state index in [-0.39, 0.29) is 17.2 Å². The Kier molecular flexibility index (Phi) is 4.61. The molecule has 1 aliphatic heterocycles. The molecule has 0 bridgehead atoms. The molecule has 1 fully saturated rings. The minimum absolute atomic E-state index is 0.154. The van der Waals surface area contributed by atoms with Crippen molar-refractivity contribution in [3.63, 3.8) is 0 Å².